The number of ether oxygens (including phenoxy) is 1. The van der Waals surface area contributed by atoms with Gasteiger partial charge in [0.15, 0.2) is 0 Å². The van der Waals surface area contributed by atoms with Crippen molar-refractivity contribution in [2.75, 3.05) is 5.43 Å². The lowest BCUT2D eigenvalue weighted by Crippen LogP contribution is -2.12. The molecule has 0 spiro atoms. The summed E-state index contributed by atoms with van der Waals surface area (Å²) in [5.74, 6) is 5.85. The third-order valence-electron chi connectivity index (χ3n) is 2.74. The molecule has 0 amide bonds. The number of nitrogen functional groups attached to an aromatic ring is 1. The summed E-state index contributed by atoms with van der Waals surface area (Å²) >= 11 is 5.98. The lowest BCUT2D eigenvalue weighted by Gasteiger charge is -2.12. The SMILES string of the molecule is CCc1c(NN)ncnc1Oc1c(Cl)cccc1[N+](=O)[O-]. The largest absolute Gasteiger partial charge is 0.430 e. The number of rotatable bonds is 5. The highest BCUT2D eigenvalue weighted by molar-refractivity contribution is 6.32. The van der Waals surface area contributed by atoms with Crippen LogP contribution in [0.15, 0.2) is 24.5 Å². The van der Waals surface area contributed by atoms with E-state index in [1.54, 1.807) is 0 Å². The summed E-state index contributed by atoms with van der Waals surface area (Å²) in [6.07, 6.45) is 1.76. The Morgan fingerprint density at radius 2 is 2.24 bits per heavy atom. The Labute approximate surface area is 125 Å². The lowest BCUT2D eigenvalue weighted by atomic mass is 10.2. The zero-order valence-corrected chi connectivity index (χ0v) is 11.8. The lowest BCUT2D eigenvalue weighted by molar-refractivity contribution is -0.385. The first-order valence-corrected chi connectivity index (χ1v) is 6.37. The number of halogens is 1. The minimum absolute atomic E-state index is 0.0689. The zero-order chi connectivity index (χ0) is 15.4. The van der Waals surface area contributed by atoms with Gasteiger partial charge in [0.2, 0.25) is 11.6 Å². The van der Waals surface area contributed by atoms with E-state index in [2.05, 4.69) is 15.4 Å². The minimum Gasteiger partial charge on any atom is -0.430 e. The van der Waals surface area contributed by atoms with Gasteiger partial charge in [-0.2, -0.15) is 0 Å². The minimum atomic E-state index is -0.573. The topological polar surface area (TPSA) is 116 Å². The highest BCUT2D eigenvalue weighted by atomic mass is 35.5. The normalized spacial score (nSPS) is 10.2. The smallest absolute Gasteiger partial charge is 0.313 e. The molecule has 2 aromatic rings. The molecule has 0 unspecified atom stereocenters. The Balaban J connectivity index is 2.51. The second-order valence-corrected chi connectivity index (χ2v) is 4.36. The van der Waals surface area contributed by atoms with Crippen molar-refractivity contribution in [1.82, 2.24) is 9.97 Å². The number of hydrazine groups is 1. The average Bonchev–Trinajstić information content (AvgIpc) is 2.48. The van der Waals surface area contributed by atoms with Crippen LogP contribution in [-0.2, 0) is 6.42 Å². The molecule has 0 fully saturated rings. The number of nitrogens with one attached hydrogen (secondary N) is 1. The van der Waals surface area contributed by atoms with Gasteiger partial charge in [-0.25, -0.2) is 15.8 Å². The second kappa shape index (κ2) is 6.33. The maximum absolute atomic E-state index is 11.0. The number of para-hydroxylation sites is 1. The summed E-state index contributed by atoms with van der Waals surface area (Å²) in [4.78, 5) is 18.4. The van der Waals surface area contributed by atoms with E-state index in [0.717, 1.165) is 0 Å². The molecule has 0 radical (unpaired) electrons. The predicted octanol–water partition coefficient (Wildman–Crippen LogP) is 2.68. The van der Waals surface area contributed by atoms with Crippen LogP contribution in [0.5, 0.6) is 11.6 Å². The van der Waals surface area contributed by atoms with Crippen LogP contribution in [0, 0.1) is 10.1 Å². The fourth-order valence-electron chi connectivity index (χ4n) is 1.77. The summed E-state index contributed by atoms with van der Waals surface area (Å²) < 4.78 is 5.55. The molecule has 0 saturated carbocycles. The van der Waals surface area contributed by atoms with Crippen molar-refractivity contribution in [3.05, 3.63) is 45.2 Å². The first kappa shape index (κ1) is 14.9. The van der Waals surface area contributed by atoms with Crippen LogP contribution in [0.4, 0.5) is 11.5 Å². The molecular weight excluding hydrogens is 298 g/mol. The van der Waals surface area contributed by atoms with Crippen LogP contribution in [0.3, 0.4) is 0 Å². The molecule has 0 aliphatic rings. The quantitative estimate of drug-likeness (QED) is 0.495. The molecule has 0 atom stereocenters. The van der Waals surface area contributed by atoms with Crippen molar-refractivity contribution in [3.63, 3.8) is 0 Å². The van der Waals surface area contributed by atoms with Gasteiger partial charge in [-0.05, 0) is 12.5 Å². The standard InChI is InChI=1S/C12H12ClN5O3/c1-2-7-11(17-14)15-6-16-12(7)21-10-8(13)4-3-5-9(10)18(19)20/h3-6H,2,14H2,1H3,(H,15,16,17). The number of nitro groups is 1. The number of hydrogen-bond acceptors (Lipinski definition) is 7. The maximum atomic E-state index is 11.0. The fourth-order valence-corrected chi connectivity index (χ4v) is 1.97. The Kier molecular flexibility index (Phi) is 4.51. The molecule has 3 N–H and O–H groups in total. The van der Waals surface area contributed by atoms with Crippen LogP contribution < -0.4 is 16.0 Å². The number of aromatic nitrogens is 2. The zero-order valence-electron chi connectivity index (χ0n) is 11.0. The Morgan fingerprint density at radius 1 is 1.48 bits per heavy atom. The number of benzene rings is 1. The van der Waals surface area contributed by atoms with E-state index in [4.69, 9.17) is 22.2 Å². The molecule has 21 heavy (non-hydrogen) atoms. The molecule has 0 aliphatic heterocycles. The van der Waals surface area contributed by atoms with Gasteiger partial charge in [0, 0.05) is 6.07 Å². The van der Waals surface area contributed by atoms with Crippen LogP contribution in [0.2, 0.25) is 5.02 Å². The van der Waals surface area contributed by atoms with Crippen LogP contribution in [-0.4, -0.2) is 14.9 Å². The Bertz CT molecular complexity index is 680. The summed E-state index contributed by atoms with van der Waals surface area (Å²) in [6, 6.07) is 4.27. The monoisotopic (exact) mass is 309 g/mol. The number of hydrogen-bond donors (Lipinski definition) is 2. The molecule has 9 heteroatoms. The highest BCUT2D eigenvalue weighted by Crippen LogP contribution is 2.38. The number of nitro benzene ring substituents is 1. The molecule has 1 aromatic carbocycles. The summed E-state index contributed by atoms with van der Waals surface area (Å²) in [7, 11) is 0. The first-order chi connectivity index (χ1) is 10.1. The molecule has 1 heterocycles. The number of anilines is 1. The van der Waals surface area contributed by atoms with Crippen LogP contribution in [0.25, 0.3) is 0 Å². The van der Waals surface area contributed by atoms with E-state index in [1.165, 1.54) is 24.5 Å². The van der Waals surface area contributed by atoms with Crippen molar-refractivity contribution in [2.24, 2.45) is 5.84 Å². The first-order valence-electron chi connectivity index (χ1n) is 5.99. The van der Waals surface area contributed by atoms with E-state index in [0.29, 0.717) is 17.8 Å². The van der Waals surface area contributed by atoms with Crippen molar-refractivity contribution in [3.8, 4) is 11.6 Å². The fraction of sp³-hybridized carbons (Fsp3) is 0.167. The van der Waals surface area contributed by atoms with Gasteiger partial charge in [-0.1, -0.05) is 24.6 Å². The molecule has 0 saturated heterocycles. The predicted molar refractivity (Wildman–Crippen MR) is 77.4 cm³/mol. The molecule has 2 rings (SSSR count). The van der Waals surface area contributed by atoms with Gasteiger partial charge in [-0.15, -0.1) is 0 Å². The molecule has 8 nitrogen and oxygen atoms in total. The van der Waals surface area contributed by atoms with Gasteiger partial charge < -0.3 is 10.2 Å². The van der Waals surface area contributed by atoms with E-state index in [-0.39, 0.29) is 22.3 Å². The molecule has 110 valence electrons. The molecule has 0 aliphatic carbocycles. The highest BCUT2D eigenvalue weighted by Gasteiger charge is 2.21. The van der Waals surface area contributed by atoms with Crippen LogP contribution >= 0.6 is 11.6 Å². The van der Waals surface area contributed by atoms with Gasteiger partial charge >= 0.3 is 5.69 Å². The van der Waals surface area contributed by atoms with Crippen molar-refractivity contribution in [2.45, 2.75) is 13.3 Å². The summed E-state index contributed by atoms with van der Waals surface area (Å²) in [5.41, 5.74) is 2.77. The average molecular weight is 310 g/mol. The number of nitrogens with two attached hydrogens (primary N) is 1. The van der Waals surface area contributed by atoms with Gasteiger partial charge in [0.1, 0.15) is 12.1 Å². The molecule has 1 aromatic heterocycles. The third-order valence-corrected chi connectivity index (χ3v) is 3.04. The van der Waals surface area contributed by atoms with E-state index < -0.39 is 4.92 Å². The van der Waals surface area contributed by atoms with Gasteiger partial charge in [0.05, 0.1) is 15.5 Å². The van der Waals surface area contributed by atoms with Crippen molar-refractivity contribution < 1.29 is 9.66 Å². The Morgan fingerprint density at radius 3 is 2.86 bits per heavy atom. The van der Waals surface area contributed by atoms with Gasteiger partial charge in [0.25, 0.3) is 0 Å². The molecular formula is C12H12ClN5O3. The summed E-state index contributed by atoms with van der Waals surface area (Å²) in [5, 5.41) is 11.2. The Hall–Kier alpha value is -2.45. The van der Waals surface area contributed by atoms with Gasteiger partial charge in [-0.3, -0.25) is 10.1 Å². The number of nitrogens with zero attached hydrogens (tertiary/aromatic N) is 3. The van der Waals surface area contributed by atoms with Crippen molar-refractivity contribution >= 4 is 23.1 Å². The third kappa shape index (κ3) is 3.01. The second-order valence-electron chi connectivity index (χ2n) is 3.95. The van der Waals surface area contributed by atoms with Crippen LogP contribution in [0.1, 0.15) is 12.5 Å². The van der Waals surface area contributed by atoms with Crippen molar-refractivity contribution in [1.29, 1.82) is 0 Å². The van der Waals surface area contributed by atoms with E-state index in [1.807, 2.05) is 6.92 Å². The van der Waals surface area contributed by atoms with E-state index in [9.17, 15) is 10.1 Å². The van der Waals surface area contributed by atoms with E-state index >= 15 is 0 Å². The molecule has 0 bridgehead atoms. The summed E-state index contributed by atoms with van der Waals surface area (Å²) in [6.45, 7) is 1.85. The maximum Gasteiger partial charge on any atom is 0.313 e.